The molecule has 2 aromatic carbocycles. The van der Waals surface area contributed by atoms with E-state index in [0.29, 0.717) is 30.3 Å². The minimum Gasteiger partial charge on any atom is -0.493 e. The highest BCUT2D eigenvalue weighted by Crippen LogP contribution is 2.40. The molecule has 0 aliphatic heterocycles. The fraction of sp³-hybridized carbons (Fsp3) is 0.458. The van der Waals surface area contributed by atoms with Crippen LogP contribution in [0.25, 0.3) is 0 Å². The number of hydrogen-bond donors (Lipinski definition) is 0. The molecule has 0 amide bonds. The zero-order chi connectivity index (χ0) is 20.8. The molecule has 0 fully saturated rings. The maximum absolute atomic E-state index is 11.2. The second-order valence-corrected chi connectivity index (χ2v) is 8.12. The molecule has 4 nitrogen and oxygen atoms in total. The number of hydrogen-bond acceptors (Lipinski definition) is 4. The van der Waals surface area contributed by atoms with E-state index in [0.717, 1.165) is 37.1 Å². The molecule has 0 radical (unpaired) electrons. The van der Waals surface area contributed by atoms with Crippen molar-refractivity contribution in [2.24, 2.45) is 0 Å². The first kappa shape index (κ1) is 21.7. The van der Waals surface area contributed by atoms with Crippen LogP contribution in [-0.2, 0) is 17.8 Å². The topological polar surface area (TPSA) is 38.8 Å². The molecule has 0 bridgehead atoms. The van der Waals surface area contributed by atoms with Crippen LogP contribution in [0, 0.1) is 0 Å². The number of Topliss-reactive ketones (excluding diaryl/α,β-unsaturated/α-hetero) is 1. The van der Waals surface area contributed by atoms with Gasteiger partial charge in [-0.05, 0) is 63.9 Å². The predicted molar refractivity (Wildman–Crippen MR) is 117 cm³/mol. The van der Waals surface area contributed by atoms with E-state index in [2.05, 4.69) is 29.2 Å². The van der Waals surface area contributed by atoms with Crippen LogP contribution in [0.4, 0.5) is 0 Å². The van der Waals surface area contributed by atoms with Crippen LogP contribution >= 0.6 is 11.6 Å². The van der Waals surface area contributed by atoms with E-state index in [9.17, 15) is 4.79 Å². The van der Waals surface area contributed by atoms with Gasteiger partial charge in [-0.15, -0.1) is 0 Å². The molecule has 0 saturated carbocycles. The maximum Gasteiger partial charge on any atom is 0.142 e. The van der Waals surface area contributed by atoms with Crippen LogP contribution in [-0.4, -0.2) is 30.9 Å². The van der Waals surface area contributed by atoms with E-state index >= 15 is 0 Å². The number of benzene rings is 2. The zero-order valence-electron chi connectivity index (χ0n) is 17.5. The number of fused-ring (bicyclic) bond motifs is 1. The van der Waals surface area contributed by atoms with Crippen molar-refractivity contribution in [1.29, 1.82) is 0 Å². The summed E-state index contributed by atoms with van der Waals surface area (Å²) in [6.07, 6.45) is 3.48. The molecule has 29 heavy (non-hydrogen) atoms. The lowest BCUT2D eigenvalue weighted by molar-refractivity contribution is -0.117. The first-order valence-electron chi connectivity index (χ1n) is 10.4. The van der Waals surface area contributed by atoms with E-state index in [1.165, 1.54) is 11.1 Å². The SMILES string of the molecule is CCOc1cc(O[C@H]2CCc3ccccc32)c(Cl)cc1CN(C)CCCC(C)=O. The van der Waals surface area contributed by atoms with Gasteiger partial charge >= 0.3 is 0 Å². The summed E-state index contributed by atoms with van der Waals surface area (Å²) in [6.45, 7) is 5.74. The molecule has 0 heterocycles. The molecule has 0 saturated heterocycles. The lowest BCUT2D eigenvalue weighted by Crippen LogP contribution is -2.20. The minimum absolute atomic E-state index is 0.0262. The number of carbonyl (C=O) groups excluding carboxylic acids is 1. The summed E-state index contributed by atoms with van der Waals surface area (Å²) in [4.78, 5) is 13.3. The van der Waals surface area contributed by atoms with Crippen molar-refractivity contribution >= 4 is 17.4 Å². The molecule has 0 unspecified atom stereocenters. The van der Waals surface area contributed by atoms with E-state index in [1.807, 2.05) is 26.1 Å². The summed E-state index contributed by atoms with van der Waals surface area (Å²) < 4.78 is 12.2. The highest BCUT2D eigenvalue weighted by atomic mass is 35.5. The first-order valence-corrected chi connectivity index (χ1v) is 10.7. The molecule has 0 N–H and O–H groups in total. The third-order valence-electron chi connectivity index (χ3n) is 5.27. The van der Waals surface area contributed by atoms with Crippen LogP contribution < -0.4 is 9.47 Å². The quantitative estimate of drug-likeness (QED) is 0.505. The van der Waals surface area contributed by atoms with Gasteiger partial charge in [0.2, 0.25) is 0 Å². The van der Waals surface area contributed by atoms with Crippen molar-refractivity contribution in [3.05, 3.63) is 58.1 Å². The fourth-order valence-corrected chi connectivity index (χ4v) is 4.07. The molecular weight excluding hydrogens is 386 g/mol. The van der Waals surface area contributed by atoms with Gasteiger partial charge in [0.15, 0.2) is 0 Å². The molecule has 1 atom stereocenters. The van der Waals surface area contributed by atoms with Gasteiger partial charge in [0, 0.05) is 24.6 Å². The number of rotatable bonds is 10. The van der Waals surface area contributed by atoms with Gasteiger partial charge in [0.1, 0.15) is 23.4 Å². The van der Waals surface area contributed by atoms with Crippen LogP contribution in [0.3, 0.4) is 0 Å². The van der Waals surface area contributed by atoms with E-state index < -0.39 is 0 Å². The highest BCUT2D eigenvalue weighted by Gasteiger charge is 2.25. The second kappa shape index (κ2) is 10.1. The third-order valence-corrected chi connectivity index (χ3v) is 5.57. The summed E-state index contributed by atoms with van der Waals surface area (Å²) in [5.74, 6) is 1.70. The smallest absolute Gasteiger partial charge is 0.142 e. The van der Waals surface area contributed by atoms with Crippen LogP contribution in [0.2, 0.25) is 5.02 Å². The Bertz CT molecular complexity index is 852. The molecule has 2 aromatic rings. The summed E-state index contributed by atoms with van der Waals surface area (Å²) >= 11 is 6.59. The lowest BCUT2D eigenvalue weighted by atomic mass is 10.1. The van der Waals surface area contributed by atoms with Gasteiger partial charge in [-0.25, -0.2) is 0 Å². The van der Waals surface area contributed by atoms with Crippen molar-refractivity contribution < 1.29 is 14.3 Å². The van der Waals surface area contributed by atoms with Crippen molar-refractivity contribution in [1.82, 2.24) is 4.90 Å². The number of halogens is 1. The average molecular weight is 416 g/mol. The molecule has 156 valence electrons. The normalized spacial score (nSPS) is 15.4. The fourth-order valence-electron chi connectivity index (χ4n) is 3.84. The summed E-state index contributed by atoms with van der Waals surface area (Å²) in [5.41, 5.74) is 3.62. The van der Waals surface area contributed by atoms with Gasteiger partial charge in [0.05, 0.1) is 11.6 Å². The van der Waals surface area contributed by atoms with Crippen LogP contribution in [0.1, 0.15) is 55.9 Å². The molecule has 0 spiro atoms. The van der Waals surface area contributed by atoms with E-state index in [-0.39, 0.29) is 11.9 Å². The Balaban J connectivity index is 1.73. The number of ketones is 1. The summed E-state index contributed by atoms with van der Waals surface area (Å²) in [6, 6.07) is 12.3. The Hall–Kier alpha value is -2.04. The van der Waals surface area contributed by atoms with E-state index in [4.69, 9.17) is 21.1 Å². The summed E-state index contributed by atoms with van der Waals surface area (Å²) in [7, 11) is 2.05. The molecule has 1 aliphatic rings. The Morgan fingerprint density at radius 2 is 2.03 bits per heavy atom. The van der Waals surface area contributed by atoms with Gasteiger partial charge < -0.3 is 19.2 Å². The largest absolute Gasteiger partial charge is 0.493 e. The zero-order valence-corrected chi connectivity index (χ0v) is 18.3. The lowest BCUT2D eigenvalue weighted by Gasteiger charge is -2.21. The van der Waals surface area contributed by atoms with Gasteiger partial charge in [-0.2, -0.15) is 0 Å². The maximum atomic E-state index is 11.2. The van der Waals surface area contributed by atoms with E-state index in [1.54, 1.807) is 6.92 Å². The average Bonchev–Trinajstić information content (AvgIpc) is 3.08. The Labute approximate surface area is 178 Å². The Kier molecular flexibility index (Phi) is 7.57. The highest BCUT2D eigenvalue weighted by molar-refractivity contribution is 6.32. The molecule has 3 rings (SSSR count). The van der Waals surface area contributed by atoms with Gasteiger partial charge in [0.25, 0.3) is 0 Å². The standard InChI is InChI=1S/C24H30ClNO3/c1-4-28-23-15-24(29-22-12-11-18-9-5-6-10-20(18)22)21(25)14-19(23)16-26(3)13-7-8-17(2)27/h5-6,9-10,14-15,22H,4,7-8,11-13,16H2,1-3H3/t22-/m0/s1. The molecule has 5 heteroatoms. The van der Waals surface area contributed by atoms with Crippen molar-refractivity contribution in [2.45, 2.75) is 52.2 Å². The number of ether oxygens (including phenoxy) is 2. The summed E-state index contributed by atoms with van der Waals surface area (Å²) in [5, 5.41) is 0.602. The van der Waals surface area contributed by atoms with Gasteiger partial charge in [-0.3, -0.25) is 0 Å². The monoisotopic (exact) mass is 415 g/mol. The molecule has 1 aliphatic carbocycles. The van der Waals surface area contributed by atoms with Gasteiger partial charge in [-0.1, -0.05) is 35.9 Å². The Morgan fingerprint density at radius 3 is 2.79 bits per heavy atom. The third kappa shape index (κ3) is 5.74. The molecular formula is C24H30ClNO3. The second-order valence-electron chi connectivity index (χ2n) is 7.71. The molecule has 0 aromatic heterocycles. The van der Waals surface area contributed by atoms with Crippen LogP contribution in [0.5, 0.6) is 11.5 Å². The van der Waals surface area contributed by atoms with Crippen LogP contribution in [0.15, 0.2) is 36.4 Å². The predicted octanol–water partition coefficient (Wildman–Crippen LogP) is 5.61. The first-order chi connectivity index (χ1) is 14.0. The van der Waals surface area contributed by atoms with Crippen molar-refractivity contribution in [2.75, 3.05) is 20.2 Å². The van der Waals surface area contributed by atoms with Crippen molar-refractivity contribution in [3.8, 4) is 11.5 Å². The van der Waals surface area contributed by atoms with Crippen molar-refractivity contribution in [3.63, 3.8) is 0 Å². The number of nitrogens with zero attached hydrogens (tertiary/aromatic N) is 1. The minimum atomic E-state index is 0.0262. The number of aryl methyl sites for hydroxylation is 1. The Morgan fingerprint density at radius 1 is 1.24 bits per heavy atom. The number of carbonyl (C=O) groups is 1.